The molecule has 2 atom stereocenters. The minimum absolute atomic E-state index is 0.177. The first-order chi connectivity index (χ1) is 13.0. The molecule has 7 nitrogen and oxygen atoms in total. The Morgan fingerprint density at radius 3 is 2.78 bits per heavy atom. The fraction of sp³-hybridized carbons (Fsp3) is 0.700. The van der Waals surface area contributed by atoms with E-state index < -0.39 is 0 Å². The van der Waals surface area contributed by atoms with Crippen LogP contribution in [0.3, 0.4) is 0 Å². The number of carbonyl (C=O) groups excluding carboxylic acids is 1. The number of amides is 1. The number of nitrogens with zero attached hydrogens (tertiary/aromatic N) is 3. The highest BCUT2D eigenvalue weighted by Gasteiger charge is 2.21. The second-order valence-corrected chi connectivity index (χ2v) is 7.45. The van der Waals surface area contributed by atoms with Crippen molar-refractivity contribution in [1.29, 1.82) is 0 Å². The fourth-order valence-corrected chi connectivity index (χ4v) is 3.01. The van der Waals surface area contributed by atoms with E-state index in [1.807, 2.05) is 6.08 Å². The molecule has 0 aliphatic carbocycles. The average Bonchev–Trinajstić information content (AvgIpc) is 3.14. The molecule has 1 amide bonds. The Hall–Kier alpha value is -1.70. The Bertz CT molecular complexity index is 582. The summed E-state index contributed by atoms with van der Waals surface area (Å²) in [6.07, 6.45) is 5.63. The number of aliphatic hydroxyl groups is 1. The van der Waals surface area contributed by atoms with Crippen molar-refractivity contribution >= 4 is 5.91 Å². The van der Waals surface area contributed by atoms with Crippen LogP contribution >= 0.6 is 0 Å². The summed E-state index contributed by atoms with van der Waals surface area (Å²) >= 11 is 0. The quantitative estimate of drug-likeness (QED) is 0.573. The molecule has 2 N–H and O–H groups in total. The van der Waals surface area contributed by atoms with Gasteiger partial charge < -0.3 is 14.8 Å². The van der Waals surface area contributed by atoms with Gasteiger partial charge in [-0.05, 0) is 18.8 Å². The number of hydrogen-bond donors (Lipinski definition) is 2. The fourth-order valence-electron chi connectivity index (χ4n) is 3.01. The highest BCUT2D eigenvalue weighted by molar-refractivity contribution is 5.91. The van der Waals surface area contributed by atoms with Crippen molar-refractivity contribution in [2.24, 2.45) is 5.92 Å². The number of nitrogens with one attached hydrogen (secondary N) is 1. The van der Waals surface area contributed by atoms with Gasteiger partial charge in [0.1, 0.15) is 6.26 Å². The summed E-state index contributed by atoms with van der Waals surface area (Å²) < 4.78 is 5.48. The van der Waals surface area contributed by atoms with Crippen LogP contribution in [0.25, 0.3) is 0 Å². The van der Waals surface area contributed by atoms with Crippen molar-refractivity contribution in [3.05, 3.63) is 30.5 Å². The molecule has 2 heterocycles. The van der Waals surface area contributed by atoms with Gasteiger partial charge in [0, 0.05) is 39.3 Å². The molecule has 1 fully saturated rings. The predicted octanol–water partition coefficient (Wildman–Crippen LogP) is 1.90. The molecule has 1 aromatic heterocycles. The Balaban J connectivity index is 1.72. The van der Waals surface area contributed by atoms with Gasteiger partial charge in [-0.3, -0.25) is 14.6 Å². The standard InChI is InChI=1S/C20H34N4O3/c1-4-6-7-17(25)13-23-8-10-24(11-9-23)14-19-22-18(15-27-19)20(26)21-12-16(3)5-2/h4,15-17,25H,1,5-14H2,2-3H3,(H,21,26)/t16-,17-/m1/s1. The molecule has 7 heteroatoms. The van der Waals surface area contributed by atoms with Gasteiger partial charge >= 0.3 is 0 Å². The topological polar surface area (TPSA) is 81.8 Å². The van der Waals surface area contributed by atoms with E-state index in [9.17, 15) is 9.90 Å². The van der Waals surface area contributed by atoms with E-state index in [4.69, 9.17) is 4.42 Å². The first-order valence-electron chi connectivity index (χ1n) is 9.98. The maximum atomic E-state index is 12.1. The Kier molecular flexibility index (Phi) is 8.97. The Labute approximate surface area is 162 Å². The lowest BCUT2D eigenvalue weighted by Crippen LogP contribution is -2.48. The third-order valence-electron chi connectivity index (χ3n) is 5.09. The Morgan fingerprint density at radius 2 is 2.11 bits per heavy atom. The van der Waals surface area contributed by atoms with E-state index in [1.165, 1.54) is 6.26 Å². The van der Waals surface area contributed by atoms with E-state index >= 15 is 0 Å². The number of oxazole rings is 1. The molecule has 1 saturated heterocycles. The van der Waals surface area contributed by atoms with E-state index in [0.29, 0.717) is 37.1 Å². The first kappa shape index (κ1) is 21.6. The van der Waals surface area contributed by atoms with Crippen LogP contribution in [-0.4, -0.2) is 71.2 Å². The summed E-state index contributed by atoms with van der Waals surface area (Å²) in [6, 6.07) is 0. The molecule has 1 aliphatic heterocycles. The number of rotatable bonds is 11. The maximum absolute atomic E-state index is 12.1. The number of hydrogen-bond acceptors (Lipinski definition) is 6. The van der Waals surface area contributed by atoms with E-state index in [0.717, 1.165) is 45.4 Å². The lowest BCUT2D eigenvalue weighted by atomic mass is 10.1. The summed E-state index contributed by atoms with van der Waals surface area (Å²) in [7, 11) is 0. The molecular formula is C20H34N4O3. The van der Waals surface area contributed by atoms with Crippen LogP contribution in [0.5, 0.6) is 0 Å². The van der Waals surface area contributed by atoms with Gasteiger partial charge in [0.15, 0.2) is 5.69 Å². The van der Waals surface area contributed by atoms with Gasteiger partial charge in [-0.2, -0.15) is 0 Å². The van der Waals surface area contributed by atoms with E-state index in [2.05, 4.69) is 40.5 Å². The zero-order chi connectivity index (χ0) is 19.6. The van der Waals surface area contributed by atoms with Gasteiger partial charge in [-0.25, -0.2) is 4.98 Å². The van der Waals surface area contributed by atoms with Gasteiger partial charge in [0.05, 0.1) is 12.6 Å². The normalized spacial score (nSPS) is 18.2. The number of allylic oxidation sites excluding steroid dienone is 1. The lowest BCUT2D eigenvalue weighted by molar-refractivity contribution is 0.0642. The minimum atomic E-state index is -0.294. The van der Waals surface area contributed by atoms with Crippen LogP contribution < -0.4 is 5.32 Å². The zero-order valence-electron chi connectivity index (χ0n) is 16.7. The van der Waals surface area contributed by atoms with Gasteiger partial charge in [0.25, 0.3) is 5.91 Å². The van der Waals surface area contributed by atoms with Crippen LogP contribution in [0, 0.1) is 5.92 Å². The molecule has 152 valence electrons. The minimum Gasteiger partial charge on any atom is -0.447 e. The van der Waals surface area contributed by atoms with E-state index in [-0.39, 0.29) is 12.0 Å². The third kappa shape index (κ3) is 7.44. The molecular weight excluding hydrogens is 344 g/mol. The highest BCUT2D eigenvalue weighted by atomic mass is 16.3. The first-order valence-corrected chi connectivity index (χ1v) is 9.98. The summed E-state index contributed by atoms with van der Waals surface area (Å²) in [6.45, 7) is 13.5. The maximum Gasteiger partial charge on any atom is 0.273 e. The van der Waals surface area contributed by atoms with Crippen LogP contribution in [0.15, 0.2) is 23.3 Å². The molecule has 1 aliphatic rings. The van der Waals surface area contributed by atoms with Crippen molar-refractivity contribution in [3.8, 4) is 0 Å². The number of piperazine rings is 1. The third-order valence-corrected chi connectivity index (χ3v) is 5.09. The van der Waals surface area contributed by atoms with Crippen molar-refractivity contribution < 1.29 is 14.3 Å². The summed E-state index contributed by atoms with van der Waals surface area (Å²) in [5.41, 5.74) is 0.345. The molecule has 1 aromatic rings. The average molecular weight is 379 g/mol. The summed E-state index contributed by atoms with van der Waals surface area (Å²) in [5.74, 6) is 0.846. The van der Waals surface area contributed by atoms with Gasteiger partial charge in [-0.15, -0.1) is 6.58 Å². The molecule has 2 rings (SSSR count). The number of aromatic nitrogens is 1. The van der Waals surface area contributed by atoms with Crippen molar-refractivity contribution in [1.82, 2.24) is 20.1 Å². The second kappa shape index (κ2) is 11.2. The number of β-amino-alcohol motifs (C(OH)–C–C–N with tert-alkyl or cyclic N) is 1. The molecule has 0 aromatic carbocycles. The number of carbonyl (C=O) groups is 1. The smallest absolute Gasteiger partial charge is 0.273 e. The van der Waals surface area contributed by atoms with Crippen LogP contribution in [0.2, 0.25) is 0 Å². The van der Waals surface area contributed by atoms with Crippen molar-refractivity contribution in [3.63, 3.8) is 0 Å². The van der Waals surface area contributed by atoms with Gasteiger partial charge in [-0.1, -0.05) is 26.3 Å². The highest BCUT2D eigenvalue weighted by Crippen LogP contribution is 2.11. The molecule has 0 saturated carbocycles. The number of aliphatic hydroxyl groups excluding tert-OH is 1. The Morgan fingerprint density at radius 1 is 1.41 bits per heavy atom. The second-order valence-electron chi connectivity index (χ2n) is 7.45. The summed E-state index contributed by atoms with van der Waals surface area (Å²) in [4.78, 5) is 21.0. The van der Waals surface area contributed by atoms with Crippen LogP contribution in [-0.2, 0) is 6.54 Å². The van der Waals surface area contributed by atoms with E-state index in [1.54, 1.807) is 0 Å². The monoisotopic (exact) mass is 378 g/mol. The molecule has 0 spiro atoms. The largest absolute Gasteiger partial charge is 0.447 e. The lowest BCUT2D eigenvalue weighted by Gasteiger charge is -2.34. The molecule has 27 heavy (non-hydrogen) atoms. The van der Waals surface area contributed by atoms with Gasteiger partial charge in [0.2, 0.25) is 5.89 Å². The zero-order valence-corrected chi connectivity index (χ0v) is 16.7. The van der Waals surface area contributed by atoms with Crippen LogP contribution in [0.4, 0.5) is 0 Å². The SMILES string of the molecule is C=CCC[C@@H](O)CN1CCN(Cc2nc(C(=O)NC[C@H](C)CC)co2)CC1. The molecule has 0 bridgehead atoms. The van der Waals surface area contributed by atoms with Crippen LogP contribution in [0.1, 0.15) is 49.5 Å². The van der Waals surface area contributed by atoms with Crippen molar-refractivity contribution in [2.45, 2.75) is 45.8 Å². The molecule has 0 unspecified atom stereocenters. The predicted molar refractivity (Wildman–Crippen MR) is 105 cm³/mol. The summed E-state index contributed by atoms with van der Waals surface area (Å²) in [5, 5.41) is 12.9. The molecule has 0 radical (unpaired) electrons. The van der Waals surface area contributed by atoms with Crippen molar-refractivity contribution in [2.75, 3.05) is 39.3 Å².